The van der Waals surface area contributed by atoms with E-state index in [9.17, 15) is 0 Å². The van der Waals surface area contributed by atoms with Crippen molar-refractivity contribution >= 4 is 32.6 Å². The van der Waals surface area contributed by atoms with Gasteiger partial charge in [-0.15, -0.1) is 0 Å². The van der Waals surface area contributed by atoms with Gasteiger partial charge in [0.15, 0.2) is 5.82 Å². The van der Waals surface area contributed by atoms with E-state index in [0.29, 0.717) is 5.82 Å². The van der Waals surface area contributed by atoms with Crippen molar-refractivity contribution in [1.29, 1.82) is 0 Å². The molecule has 0 bridgehead atoms. The molecule has 0 N–H and O–H groups in total. The lowest BCUT2D eigenvalue weighted by molar-refractivity contribution is 1.13. The lowest BCUT2D eigenvalue weighted by Crippen LogP contribution is -2.03. The number of aromatic nitrogens is 4. The molecule has 9 aromatic carbocycles. The van der Waals surface area contributed by atoms with Crippen molar-refractivity contribution in [2.45, 2.75) is 0 Å². The molecule has 0 aliphatic heterocycles. The molecule has 0 amide bonds. The molecule has 3 aromatic heterocycles. The number of benzene rings is 9. The van der Waals surface area contributed by atoms with Crippen molar-refractivity contribution in [2.24, 2.45) is 0 Å². The molecule has 0 radical (unpaired) electrons. The molecule has 298 valence electrons. The van der Waals surface area contributed by atoms with Crippen LogP contribution >= 0.6 is 0 Å². The summed E-state index contributed by atoms with van der Waals surface area (Å²) in [7, 11) is 0. The van der Waals surface area contributed by atoms with E-state index in [4.69, 9.17) is 9.97 Å². The molecule has 0 atom stereocenters. The van der Waals surface area contributed by atoms with Crippen LogP contribution in [-0.4, -0.2) is 19.1 Å². The number of para-hydroxylation sites is 2. The number of nitrogens with zero attached hydrogens (tertiary/aromatic N) is 4. The van der Waals surface area contributed by atoms with Gasteiger partial charge in [-0.3, -0.25) is 0 Å². The summed E-state index contributed by atoms with van der Waals surface area (Å²) >= 11 is 0. The number of hydrogen-bond acceptors (Lipinski definition) is 2. The molecule has 1 aliphatic rings. The second-order valence-corrected chi connectivity index (χ2v) is 16.5. The predicted octanol–water partition coefficient (Wildman–Crippen LogP) is 15.5. The SMILES string of the molecule is c1ccc(-c2cc(-c3ccccc3)nc(-c3ccc(-n4c5c(c6ccccc64)-c4ccccc4-c4c(c6ccccc6n4-c4ccc6ccccc6c4)-c4ccccc4-5)cc3)n2)cc1. The fraction of sp³-hybridized carbons (Fsp3) is 0. The highest BCUT2D eigenvalue weighted by atomic mass is 15.0. The first-order chi connectivity index (χ1) is 31.8. The summed E-state index contributed by atoms with van der Waals surface area (Å²) in [6.07, 6.45) is 0. The lowest BCUT2D eigenvalue weighted by Gasteiger charge is -2.23. The summed E-state index contributed by atoms with van der Waals surface area (Å²) < 4.78 is 4.96. The van der Waals surface area contributed by atoms with Crippen molar-refractivity contribution < 1.29 is 0 Å². The van der Waals surface area contributed by atoms with Crippen molar-refractivity contribution in [2.75, 3.05) is 0 Å². The van der Waals surface area contributed by atoms with Gasteiger partial charge in [0.05, 0.1) is 33.8 Å². The zero-order chi connectivity index (χ0) is 42.1. The smallest absolute Gasteiger partial charge is 0.160 e. The van der Waals surface area contributed by atoms with Gasteiger partial charge in [0, 0.05) is 61.1 Å². The summed E-state index contributed by atoms with van der Waals surface area (Å²) in [4.78, 5) is 10.3. The first-order valence-electron chi connectivity index (χ1n) is 21.8. The summed E-state index contributed by atoms with van der Waals surface area (Å²) in [5.74, 6) is 0.689. The van der Waals surface area contributed by atoms with Gasteiger partial charge >= 0.3 is 0 Å². The van der Waals surface area contributed by atoms with Crippen LogP contribution in [0.2, 0.25) is 0 Å². The van der Waals surface area contributed by atoms with Crippen LogP contribution in [0.1, 0.15) is 0 Å². The highest BCUT2D eigenvalue weighted by molar-refractivity contribution is 6.17. The van der Waals surface area contributed by atoms with E-state index in [1.807, 2.05) is 12.1 Å². The molecule has 64 heavy (non-hydrogen) atoms. The van der Waals surface area contributed by atoms with Gasteiger partial charge in [-0.2, -0.15) is 0 Å². The molecular formula is C60H38N4. The third-order valence-electron chi connectivity index (χ3n) is 12.9. The molecule has 0 unspecified atom stereocenters. The Kier molecular flexibility index (Phi) is 8.18. The van der Waals surface area contributed by atoms with Crippen LogP contribution in [0.25, 0.3) is 123 Å². The van der Waals surface area contributed by atoms with E-state index in [2.05, 4.69) is 228 Å². The standard InChI is InChI=1S/C60H38N4/c1-3-18-40(19-4-1)52-38-53(41-20-5-2-6-21-41)62-60(61-52)42-32-34-44(35-33-42)63-54-29-15-13-27-50(54)56-47-24-10-12-26-49(47)59-57(46-23-9-11-25-48(46)58(56)63)51-28-14-16-30-55(51)64(59)45-36-31-39-17-7-8-22-43(39)37-45/h1-38H. The largest absolute Gasteiger partial charge is 0.309 e. The Morgan fingerprint density at radius 2 is 0.734 bits per heavy atom. The third-order valence-corrected chi connectivity index (χ3v) is 12.9. The molecule has 4 heteroatoms. The minimum Gasteiger partial charge on any atom is -0.309 e. The summed E-state index contributed by atoms with van der Waals surface area (Å²) in [6.45, 7) is 0. The molecule has 0 spiro atoms. The normalized spacial score (nSPS) is 11.8. The van der Waals surface area contributed by atoms with Crippen LogP contribution in [0, 0.1) is 0 Å². The molecule has 13 rings (SSSR count). The van der Waals surface area contributed by atoms with Gasteiger partial charge in [0.2, 0.25) is 0 Å². The highest BCUT2D eigenvalue weighted by Gasteiger charge is 2.32. The summed E-state index contributed by atoms with van der Waals surface area (Å²) in [5, 5.41) is 4.87. The monoisotopic (exact) mass is 814 g/mol. The summed E-state index contributed by atoms with van der Waals surface area (Å²) in [5.41, 5.74) is 19.0. The molecule has 1 aliphatic carbocycles. The van der Waals surface area contributed by atoms with E-state index >= 15 is 0 Å². The van der Waals surface area contributed by atoms with Crippen molar-refractivity contribution in [3.8, 4) is 90.0 Å². The molecular weight excluding hydrogens is 777 g/mol. The van der Waals surface area contributed by atoms with Gasteiger partial charge in [-0.1, -0.05) is 176 Å². The van der Waals surface area contributed by atoms with Crippen LogP contribution in [0.4, 0.5) is 0 Å². The Balaban J connectivity index is 1.05. The van der Waals surface area contributed by atoms with Crippen molar-refractivity contribution in [1.82, 2.24) is 19.1 Å². The first kappa shape index (κ1) is 36.1. The minimum absolute atomic E-state index is 0.689. The average molecular weight is 815 g/mol. The average Bonchev–Trinajstić information content (AvgIpc) is 3.89. The predicted molar refractivity (Wildman–Crippen MR) is 265 cm³/mol. The molecule has 4 nitrogen and oxygen atoms in total. The molecule has 0 fully saturated rings. The number of fused-ring (bicyclic) bond motifs is 13. The zero-order valence-corrected chi connectivity index (χ0v) is 34.7. The lowest BCUT2D eigenvalue weighted by atomic mass is 9.84. The maximum atomic E-state index is 5.15. The Labute approximate surface area is 370 Å². The van der Waals surface area contributed by atoms with Crippen LogP contribution < -0.4 is 0 Å². The van der Waals surface area contributed by atoms with Crippen LogP contribution in [-0.2, 0) is 0 Å². The fourth-order valence-corrected chi connectivity index (χ4v) is 10.1. The van der Waals surface area contributed by atoms with E-state index in [0.717, 1.165) is 45.0 Å². The number of hydrogen-bond donors (Lipinski definition) is 0. The van der Waals surface area contributed by atoms with Gasteiger partial charge in [0.25, 0.3) is 0 Å². The quantitative estimate of drug-likeness (QED) is 0.173. The van der Waals surface area contributed by atoms with E-state index in [1.165, 1.54) is 71.8 Å². The van der Waals surface area contributed by atoms with Crippen LogP contribution in [0.3, 0.4) is 0 Å². The molecule has 0 saturated carbocycles. The first-order valence-corrected chi connectivity index (χ1v) is 21.8. The highest BCUT2D eigenvalue weighted by Crippen LogP contribution is 2.54. The Morgan fingerprint density at radius 3 is 1.30 bits per heavy atom. The van der Waals surface area contributed by atoms with Crippen LogP contribution in [0.5, 0.6) is 0 Å². The third kappa shape index (κ3) is 5.63. The zero-order valence-electron chi connectivity index (χ0n) is 34.7. The van der Waals surface area contributed by atoms with Crippen molar-refractivity contribution in [3.05, 3.63) is 231 Å². The maximum absolute atomic E-state index is 5.15. The van der Waals surface area contributed by atoms with Crippen LogP contribution in [0.15, 0.2) is 231 Å². The van der Waals surface area contributed by atoms with Crippen molar-refractivity contribution in [3.63, 3.8) is 0 Å². The molecule has 0 saturated heterocycles. The topological polar surface area (TPSA) is 35.6 Å². The van der Waals surface area contributed by atoms with E-state index in [-0.39, 0.29) is 0 Å². The fourth-order valence-electron chi connectivity index (χ4n) is 10.1. The minimum atomic E-state index is 0.689. The van der Waals surface area contributed by atoms with E-state index < -0.39 is 0 Å². The van der Waals surface area contributed by atoms with Gasteiger partial charge in [-0.25, -0.2) is 9.97 Å². The van der Waals surface area contributed by atoms with Gasteiger partial charge < -0.3 is 9.13 Å². The maximum Gasteiger partial charge on any atom is 0.160 e. The Morgan fingerprint density at radius 1 is 0.297 bits per heavy atom. The van der Waals surface area contributed by atoms with E-state index in [1.54, 1.807) is 0 Å². The number of rotatable bonds is 5. The summed E-state index contributed by atoms with van der Waals surface area (Å²) in [6, 6.07) is 82.9. The van der Waals surface area contributed by atoms with Gasteiger partial charge in [-0.05, 0) is 76.5 Å². The van der Waals surface area contributed by atoms with Gasteiger partial charge in [0.1, 0.15) is 0 Å². The second-order valence-electron chi connectivity index (χ2n) is 16.5. The molecule has 3 heterocycles. The Bertz CT molecular complexity index is 3700. The molecule has 12 aromatic rings. The Hall–Kier alpha value is -8.60. The second kappa shape index (κ2) is 14.5.